The number of aromatic nitrogens is 1. The zero-order valence-electron chi connectivity index (χ0n) is 12.2. The molecule has 0 N–H and O–H groups in total. The molecule has 1 aliphatic heterocycles. The number of rotatable bonds is 3. The molecule has 0 aromatic carbocycles. The maximum absolute atomic E-state index is 6.02. The van der Waals surface area contributed by atoms with Gasteiger partial charge in [-0.05, 0) is 27.7 Å². The minimum atomic E-state index is -0.479. The number of hydrogen-bond acceptors (Lipinski definition) is 4. The highest BCUT2D eigenvalue weighted by Crippen LogP contribution is 2.37. The Kier molecular flexibility index (Phi) is 3.45. The van der Waals surface area contributed by atoms with Gasteiger partial charge < -0.3 is 14.0 Å². The first-order chi connectivity index (χ1) is 8.82. The van der Waals surface area contributed by atoms with Gasteiger partial charge in [0, 0.05) is 23.4 Å². The van der Waals surface area contributed by atoms with Crippen LogP contribution in [0.5, 0.6) is 5.75 Å². The molecule has 0 spiro atoms. The van der Waals surface area contributed by atoms with Crippen molar-refractivity contribution < 1.29 is 14.0 Å². The Balaban J connectivity index is 2.42. The van der Waals surface area contributed by atoms with Crippen LogP contribution in [0.2, 0.25) is 0 Å². The van der Waals surface area contributed by atoms with Crippen molar-refractivity contribution in [2.24, 2.45) is 0 Å². The molecule has 0 bridgehead atoms. The highest BCUT2D eigenvalue weighted by atomic mass is 16.7. The predicted octanol–water partition coefficient (Wildman–Crippen LogP) is 2.03. The second kappa shape index (κ2) is 4.65. The molecule has 102 valence electrons. The van der Waals surface area contributed by atoms with Gasteiger partial charge in [-0.2, -0.15) is 0 Å². The first-order valence-corrected chi connectivity index (χ1v) is 6.32. The number of pyridine rings is 1. The second-order valence-corrected chi connectivity index (χ2v) is 5.64. The molecular weight excluding hydrogens is 241 g/mol. The Bertz CT molecular complexity index is 483. The van der Waals surface area contributed by atoms with Gasteiger partial charge in [-0.3, -0.25) is 4.98 Å². The van der Waals surface area contributed by atoms with E-state index >= 15 is 0 Å². The normalized spacial score (nSPS) is 20.4. The van der Waals surface area contributed by atoms with Gasteiger partial charge in [0.2, 0.25) is 0 Å². The highest BCUT2D eigenvalue weighted by molar-refractivity contribution is 6.63. The van der Waals surface area contributed by atoms with E-state index in [9.17, 15) is 0 Å². The maximum Gasteiger partial charge on any atom is 0.500 e. The summed E-state index contributed by atoms with van der Waals surface area (Å²) in [6, 6.07) is 0. The lowest BCUT2D eigenvalue weighted by Crippen LogP contribution is -2.41. The molecule has 0 saturated carbocycles. The van der Waals surface area contributed by atoms with E-state index in [1.54, 1.807) is 25.6 Å². The fourth-order valence-electron chi connectivity index (χ4n) is 2.00. The largest absolute Gasteiger partial charge is 0.500 e. The number of nitrogens with zero attached hydrogens (tertiary/aromatic N) is 1. The summed E-state index contributed by atoms with van der Waals surface area (Å²) in [5, 5.41) is 0. The van der Waals surface area contributed by atoms with E-state index in [-0.39, 0.29) is 11.2 Å². The maximum atomic E-state index is 6.02. The molecule has 0 radical (unpaired) electrons. The molecule has 0 amide bonds. The van der Waals surface area contributed by atoms with Crippen molar-refractivity contribution in [3.8, 4) is 5.75 Å². The summed E-state index contributed by atoms with van der Waals surface area (Å²) in [5.74, 6) is 0.698. The molecule has 5 heteroatoms. The molecule has 0 aliphatic carbocycles. The molecule has 1 fully saturated rings. The van der Waals surface area contributed by atoms with Crippen molar-refractivity contribution >= 4 is 18.7 Å². The molecule has 0 unspecified atom stereocenters. The lowest BCUT2D eigenvalue weighted by atomic mass is 9.78. The van der Waals surface area contributed by atoms with Crippen LogP contribution >= 0.6 is 0 Å². The van der Waals surface area contributed by atoms with Crippen molar-refractivity contribution in [1.29, 1.82) is 0 Å². The van der Waals surface area contributed by atoms with Crippen molar-refractivity contribution in [2.45, 2.75) is 38.9 Å². The number of hydrogen-bond donors (Lipinski definition) is 0. The Morgan fingerprint density at radius 2 is 1.79 bits per heavy atom. The fourth-order valence-corrected chi connectivity index (χ4v) is 2.00. The van der Waals surface area contributed by atoms with E-state index in [2.05, 4.69) is 11.6 Å². The minimum Gasteiger partial charge on any atom is -0.496 e. The Hall–Kier alpha value is -1.33. The van der Waals surface area contributed by atoms with Gasteiger partial charge >= 0.3 is 7.12 Å². The average Bonchev–Trinajstić information content (AvgIpc) is 2.57. The Labute approximate surface area is 114 Å². The lowest BCUT2D eigenvalue weighted by molar-refractivity contribution is 0.00578. The van der Waals surface area contributed by atoms with E-state index in [4.69, 9.17) is 14.0 Å². The van der Waals surface area contributed by atoms with Gasteiger partial charge in [0.25, 0.3) is 0 Å². The smallest absolute Gasteiger partial charge is 0.496 e. The van der Waals surface area contributed by atoms with E-state index in [0.717, 1.165) is 11.0 Å². The quantitative estimate of drug-likeness (QED) is 0.780. The summed E-state index contributed by atoms with van der Waals surface area (Å²) in [6.45, 7) is 11.8. The summed E-state index contributed by atoms with van der Waals surface area (Å²) in [4.78, 5) is 4.19. The molecular formula is C14H20BNO3. The Morgan fingerprint density at radius 3 is 2.26 bits per heavy atom. The molecule has 1 aromatic heterocycles. The van der Waals surface area contributed by atoms with Crippen molar-refractivity contribution in [1.82, 2.24) is 4.98 Å². The topological polar surface area (TPSA) is 40.6 Å². The zero-order valence-corrected chi connectivity index (χ0v) is 12.2. The molecule has 1 aromatic rings. The Morgan fingerprint density at radius 1 is 1.21 bits per heavy atom. The van der Waals surface area contributed by atoms with Gasteiger partial charge in [0.05, 0.1) is 18.3 Å². The molecule has 2 heterocycles. The molecule has 19 heavy (non-hydrogen) atoms. The summed E-state index contributed by atoms with van der Waals surface area (Å²) in [6.07, 6.45) is 5.13. The van der Waals surface area contributed by atoms with Crippen LogP contribution in [-0.4, -0.2) is 30.4 Å². The van der Waals surface area contributed by atoms with Gasteiger partial charge in [-0.25, -0.2) is 0 Å². The van der Waals surface area contributed by atoms with Gasteiger partial charge in [0.15, 0.2) is 0 Å². The van der Waals surface area contributed by atoms with Gasteiger partial charge in [-0.15, -0.1) is 0 Å². The van der Waals surface area contributed by atoms with Crippen LogP contribution in [0, 0.1) is 0 Å². The van der Waals surface area contributed by atoms with Crippen LogP contribution in [-0.2, 0) is 9.31 Å². The van der Waals surface area contributed by atoms with Crippen LogP contribution in [0.3, 0.4) is 0 Å². The van der Waals surface area contributed by atoms with E-state index in [0.29, 0.717) is 5.75 Å². The van der Waals surface area contributed by atoms with Crippen LogP contribution in [0.4, 0.5) is 0 Å². The monoisotopic (exact) mass is 261 g/mol. The standard InChI is InChI=1S/C14H20BNO3/c1-7-10-8-16-9-11(12(10)17-6)15-18-13(2,3)14(4,5)19-15/h7-9H,1H2,2-6H3. The molecule has 0 atom stereocenters. The van der Waals surface area contributed by atoms with Crippen molar-refractivity contribution in [2.75, 3.05) is 7.11 Å². The SMILES string of the molecule is C=Cc1cncc(B2OC(C)(C)C(C)(C)O2)c1OC. The number of ether oxygens (including phenoxy) is 1. The molecule has 1 aliphatic rings. The third-order valence-corrected chi connectivity index (χ3v) is 3.88. The third kappa shape index (κ3) is 2.28. The van der Waals surface area contributed by atoms with E-state index in [1.807, 2.05) is 27.7 Å². The predicted molar refractivity (Wildman–Crippen MR) is 76.6 cm³/mol. The second-order valence-electron chi connectivity index (χ2n) is 5.64. The summed E-state index contributed by atoms with van der Waals surface area (Å²) in [5.41, 5.74) is 0.855. The van der Waals surface area contributed by atoms with Crippen LogP contribution in [0.25, 0.3) is 6.08 Å². The number of methoxy groups -OCH3 is 1. The van der Waals surface area contributed by atoms with E-state index < -0.39 is 7.12 Å². The summed E-state index contributed by atoms with van der Waals surface area (Å²) >= 11 is 0. The summed E-state index contributed by atoms with van der Waals surface area (Å²) < 4.78 is 17.5. The average molecular weight is 261 g/mol. The highest BCUT2D eigenvalue weighted by Gasteiger charge is 2.52. The summed E-state index contributed by atoms with van der Waals surface area (Å²) in [7, 11) is 1.14. The minimum absolute atomic E-state index is 0.382. The lowest BCUT2D eigenvalue weighted by Gasteiger charge is -2.32. The zero-order chi connectivity index (χ0) is 14.3. The molecule has 1 saturated heterocycles. The first-order valence-electron chi connectivity index (χ1n) is 6.32. The third-order valence-electron chi connectivity index (χ3n) is 3.88. The van der Waals surface area contributed by atoms with Crippen molar-refractivity contribution in [3.05, 3.63) is 24.5 Å². The van der Waals surface area contributed by atoms with Crippen LogP contribution in [0.1, 0.15) is 33.3 Å². The molecule has 2 rings (SSSR count). The van der Waals surface area contributed by atoms with Gasteiger partial charge in [-0.1, -0.05) is 12.7 Å². The fraction of sp³-hybridized carbons (Fsp3) is 0.500. The van der Waals surface area contributed by atoms with Gasteiger partial charge in [0.1, 0.15) is 5.75 Å². The van der Waals surface area contributed by atoms with Crippen LogP contribution < -0.4 is 10.2 Å². The van der Waals surface area contributed by atoms with Crippen LogP contribution in [0.15, 0.2) is 19.0 Å². The van der Waals surface area contributed by atoms with E-state index in [1.165, 1.54) is 0 Å². The molecule has 4 nitrogen and oxygen atoms in total. The first kappa shape index (κ1) is 14.1. The van der Waals surface area contributed by atoms with Crippen molar-refractivity contribution in [3.63, 3.8) is 0 Å².